The van der Waals surface area contributed by atoms with Gasteiger partial charge in [-0.2, -0.15) is 5.26 Å². The van der Waals surface area contributed by atoms with E-state index in [1.54, 1.807) is 0 Å². The number of hydrogen-bond donors (Lipinski definition) is 1. The van der Waals surface area contributed by atoms with Crippen LogP contribution < -0.4 is 0 Å². The van der Waals surface area contributed by atoms with Crippen LogP contribution in [0.1, 0.15) is 29.9 Å². The molecule has 1 aliphatic rings. The number of hydrogen-bond acceptors (Lipinski definition) is 3. The third-order valence-electron chi connectivity index (χ3n) is 4.43. The molecule has 3 rings (SSSR count). The summed E-state index contributed by atoms with van der Waals surface area (Å²) in [6.07, 6.45) is 0. The lowest BCUT2D eigenvalue weighted by Gasteiger charge is -2.32. The molecule has 1 aromatic heterocycles. The number of H-pyrrole nitrogens is 1. The highest BCUT2D eigenvalue weighted by Gasteiger charge is 2.18. The summed E-state index contributed by atoms with van der Waals surface area (Å²) in [4.78, 5) is 5.55. The highest BCUT2D eigenvalue weighted by atomic mass is 16.5. The van der Waals surface area contributed by atoms with E-state index in [0.29, 0.717) is 11.7 Å². The Hall–Kier alpha value is -2.09. The van der Waals surface area contributed by atoms with Crippen molar-refractivity contribution in [2.24, 2.45) is 0 Å². The minimum Gasteiger partial charge on any atom is -0.379 e. The van der Waals surface area contributed by atoms with Crippen LogP contribution in [0.3, 0.4) is 0 Å². The molecule has 4 nitrogen and oxygen atoms in total. The third kappa shape index (κ3) is 2.92. The molecule has 1 atom stereocenters. The van der Waals surface area contributed by atoms with Crippen LogP contribution in [0.2, 0.25) is 0 Å². The van der Waals surface area contributed by atoms with Gasteiger partial charge < -0.3 is 9.72 Å². The van der Waals surface area contributed by atoms with Crippen LogP contribution in [0.5, 0.6) is 0 Å². The van der Waals surface area contributed by atoms with Crippen LogP contribution in [0.15, 0.2) is 30.3 Å². The van der Waals surface area contributed by atoms with E-state index in [-0.39, 0.29) is 0 Å². The third-order valence-corrected chi connectivity index (χ3v) is 4.43. The predicted octanol–water partition coefficient (Wildman–Crippen LogP) is 3.26. The molecule has 1 N–H and O–H groups in total. The van der Waals surface area contributed by atoms with Gasteiger partial charge in [0.05, 0.1) is 13.2 Å². The minimum absolute atomic E-state index is 0.403. The Balaban J connectivity index is 1.80. The van der Waals surface area contributed by atoms with Crippen molar-refractivity contribution in [1.29, 1.82) is 5.26 Å². The summed E-state index contributed by atoms with van der Waals surface area (Å²) < 4.78 is 5.42. The van der Waals surface area contributed by atoms with Crippen molar-refractivity contribution in [2.75, 3.05) is 26.3 Å². The summed E-state index contributed by atoms with van der Waals surface area (Å²) in [6, 6.07) is 13.1. The summed E-state index contributed by atoms with van der Waals surface area (Å²) in [5.41, 5.74) is 5.21. The van der Waals surface area contributed by atoms with Gasteiger partial charge in [0.1, 0.15) is 11.8 Å². The van der Waals surface area contributed by atoms with E-state index in [1.807, 2.05) is 13.0 Å². The van der Waals surface area contributed by atoms with Crippen molar-refractivity contribution in [3.8, 4) is 17.2 Å². The average molecular weight is 295 g/mol. The number of nitriles is 1. The quantitative estimate of drug-likeness (QED) is 0.945. The Morgan fingerprint density at radius 2 is 1.91 bits per heavy atom. The van der Waals surface area contributed by atoms with Gasteiger partial charge in [0.15, 0.2) is 0 Å². The lowest BCUT2D eigenvalue weighted by Crippen LogP contribution is -2.37. The first-order valence-electron chi connectivity index (χ1n) is 7.71. The summed E-state index contributed by atoms with van der Waals surface area (Å²) in [5.74, 6) is 0. The number of aryl methyl sites for hydroxylation is 1. The number of benzene rings is 1. The molecule has 0 radical (unpaired) electrons. The van der Waals surface area contributed by atoms with E-state index in [1.165, 1.54) is 5.56 Å². The van der Waals surface area contributed by atoms with E-state index in [9.17, 15) is 0 Å². The number of ether oxygens (including phenoxy) is 1. The van der Waals surface area contributed by atoms with Gasteiger partial charge in [0.2, 0.25) is 0 Å². The second-order valence-electron chi connectivity index (χ2n) is 5.78. The van der Waals surface area contributed by atoms with Crippen molar-refractivity contribution in [2.45, 2.75) is 19.9 Å². The average Bonchev–Trinajstić information content (AvgIpc) is 2.96. The number of nitrogens with zero attached hydrogens (tertiary/aromatic N) is 2. The van der Waals surface area contributed by atoms with Gasteiger partial charge in [0.25, 0.3) is 0 Å². The summed E-state index contributed by atoms with van der Waals surface area (Å²) >= 11 is 0. The van der Waals surface area contributed by atoms with Crippen molar-refractivity contribution < 1.29 is 4.74 Å². The Morgan fingerprint density at radius 3 is 2.50 bits per heavy atom. The first kappa shape index (κ1) is 14.8. The van der Waals surface area contributed by atoms with Gasteiger partial charge in [-0.1, -0.05) is 24.3 Å². The molecule has 0 unspecified atom stereocenters. The number of morpholine rings is 1. The zero-order chi connectivity index (χ0) is 15.5. The van der Waals surface area contributed by atoms with Gasteiger partial charge in [-0.3, -0.25) is 4.90 Å². The van der Waals surface area contributed by atoms with Crippen molar-refractivity contribution >= 4 is 0 Å². The van der Waals surface area contributed by atoms with Gasteiger partial charge in [-0.25, -0.2) is 0 Å². The molecule has 1 fully saturated rings. The molecule has 1 aromatic carbocycles. The molecular weight excluding hydrogens is 274 g/mol. The first-order valence-corrected chi connectivity index (χ1v) is 7.71. The van der Waals surface area contributed by atoms with E-state index in [0.717, 1.165) is 43.1 Å². The Morgan fingerprint density at radius 1 is 1.23 bits per heavy atom. The van der Waals surface area contributed by atoms with Crippen LogP contribution >= 0.6 is 0 Å². The highest BCUT2D eigenvalue weighted by Crippen LogP contribution is 2.27. The van der Waals surface area contributed by atoms with E-state index < -0.39 is 0 Å². The highest BCUT2D eigenvalue weighted by molar-refractivity contribution is 5.68. The maximum atomic E-state index is 8.99. The molecule has 4 heteroatoms. The van der Waals surface area contributed by atoms with Crippen LogP contribution in [-0.4, -0.2) is 36.2 Å². The SMILES string of the molecule is Cc1[nH]c(C#N)cc1-c1ccc([C@H](C)N2CCOCC2)cc1. The largest absolute Gasteiger partial charge is 0.379 e. The Labute approximate surface area is 131 Å². The van der Waals surface area contributed by atoms with Crippen LogP contribution in [-0.2, 0) is 4.74 Å². The van der Waals surface area contributed by atoms with E-state index in [4.69, 9.17) is 10.00 Å². The van der Waals surface area contributed by atoms with Gasteiger partial charge in [-0.05, 0) is 31.0 Å². The molecule has 0 aliphatic carbocycles. The zero-order valence-corrected chi connectivity index (χ0v) is 13.1. The fraction of sp³-hybridized carbons (Fsp3) is 0.389. The van der Waals surface area contributed by atoms with Crippen LogP contribution in [0.4, 0.5) is 0 Å². The standard InChI is InChI=1S/C18H21N3O/c1-13-18(11-17(12-19)20-13)16-5-3-15(4-6-16)14(2)21-7-9-22-10-8-21/h3-6,11,14,20H,7-10H2,1-2H3/t14-/m0/s1. The van der Waals surface area contributed by atoms with E-state index in [2.05, 4.69) is 47.1 Å². The molecule has 0 amide bonds. The van der Waals surface area contributed by atoms with Gasteiger partial charge in [0, 0.05) is 30.4 Å². The lowest BCUT2D eigenvalue weighted by molar-refractivity contribution is 0.0198. The van der Waals surface area contributed by atoms with Gasteiger partial charge in [-0.15, -0.1) is 0 Å². The minimum atomic E-state index is 0.403. The molecule has 0 bridgehead atoms. The molecule has 2 heterocycles. The summed E-state index contributed by atoms with van der Waals surface area (Å²) in [6.45, 7) is 7.87. The van der Waals surface area contributed by atoms with Crippen LogP contribution in [0.25, 0.3) is 11.1 Å². The summed E-state index contributed by atoms with van der Waals surface area (Å²) in [7, 11) is 0. The van der Waals surface area contributed by atoms with Crippen molar-refractivity contribution in [1.82, 2.24) is 9.88 Å². The molecule has 2 aromatic rings. The molecule has 114 valence electrons. The van der Waals surface area contributed by atoms with Gasteiger partial charge >= 0.3 is 0 Å². The zero-order valence-electron chi connectivity index (χ0n) is 13.1. The van der Waals surface area contributed by atoms with Crippen LogP contribution in [0, 0.1) is 18.3 Å². The first-order chi connectivity index (χ1) is 10.7. The number of aromatic amines is 1. The summed E-state index contributed by atoms with van der Waals surface area (Å²) in [5, 5.41) is 8.99. The normalized spacial score (nSPS) is 17.1. The number of nitrogens with one attached hydrogen (secondary N) is 1. The molecule has 22 heavy (non-hydrogen) atoms. The monoisotopic (exact) mass is 295 g/mol. The molecule has 1 aliphatic heterocycles. The Kier molecular flexibility index (Phi) is 4.28. The van der Waals surface area contributed by atoms with E-state index >= 15 is 0 Å². The maximum Gasteiger partial charge on any atom is 0.118 e. The second kappa shape index (κ2) is 6.35. The molecule has 1 saturated heterocycles. The molecule has 0 saturated carbocycles. The predicted molar refractivity (Wildman–Crippen MR) is 86.5 cm³/mol. The molecule has 0 spiro atoms. The maximum absolute atomic E-state index is 8.99. The van der Waals surface area contributed by atoms with Crippen molar-refractivity contribution in [3.05, 3.63) is 47.3 Å². The lowest BCUT2D eigenvalue weighted by atomic mass is 10.0. The number of rotatable bonds is 3. The fourth-order valence-electron chi connectivity index (χ4n) is 3.03. The number of aromatic nitrogens is 1. The molecular formula is C18H21N3O. The topological polar surface area (TPSA) is 52.0 Å². The smallest absolute Gasteiger partial charge is 0.118 e. The Bertz CT molecular complexity index is 675. The fourth-order valence-corrected chi connectivity index (χ4v) is 3.03. The van der Waals surface area contributed by atoms with Crippen molar-refractivity contribution in [3.63, 3.8) is 0 Å². The second-order valence-corrected chi connectivity index (χ2v) is 5.78.